The molecular weight excluding hydrogens is 453 g/mol. The zero-order chi connectivity index (χ0) is 22.5. The van der Waals surface area contributed by atoms with Gasteiger partial charge < -0.3 is 15.1 Å². The van der Waals surface area contributed by atoms with Crippen LogP contribution < -0.4 is 15.5 Å². The van der Waals surface area contributed by atoms with Crippen LogP contribution in [0.3, 0.4) is 0 Å². The van der Waals surface area contributed by atoms with Crippen LogP contribution >= 0.6 is 22.9 Å². The number of halogens is 2. The SMILES string of the molecule is O=C(Nc1cccc(Cl)c1)Nc1nc(CC(=O)N2CCN(c3ccc(F)cc3)CC2)cs1. The summed E-state index contributed by atoms with van der Waals surface area (Å²) >= 11 is 7.18. The summed E-state index contributed by atoms with van der Waals surface area (Å²) < 4.78 is 13.1. The van der Waals surface area contributed by atoms with Crippen LogP contribution in [0.4, 0.5) is 25.7 Å². The van der Waals surface area contributed by atoms with E-state index in [1.807, 2.05) is 0 Å². The molecule has 0 saturated carbocycles. The minimum absolute atomic E-state index is 0.0102. The number of carbonyl (C=O) groups excluding carboxylic acids is 2. The smallest absolute Gasteiger partial charge is 0.325 e. The Labute approximate surface area is 193 Å². The van der Waals surface area contributed by atoms with Gasteiger partial charge in [-0.1, -0.05) is 17.7 Å². The van der Waals surface area contributed by atoms with Crippen molar-refractivity contribution in [3.05, 3.63) is 70.4 Å². The highest BCUT2D eigenvalue weighted by Crippen LogP contribution is 2.20. The molecule has 2 heterocycles. The number of nitrogens with zero attached hydrogens (tertiary/aromatic N) is 3. The first kappa shape index (κ1) is 22.0. The second-order valence-electron chi connectivity index (χ2n) is 7.25. The van der Waals surface area contributed by atoms with Crippen molar-refractivity contribution < 1.29 is 14.0 Å². The maximum atomic E-state index is 13.1. The maximum Gasteiger partial charge on any atom is 0.325 e. The van der Waals surface area contributed by atoms with Crippen LogP contribution in [-0.4, -0.2) is 48.0 Å². The Kier molecular flexibility index (Phi) is 6.87. The fourth-order valence-corrected chi connectivity index (χ4v) is 4.30. The van der Waals surface area contributed by atoms with E-state index < -0.39 is 6.03 Å². The minimum Gasteiger partial charge on any atom is -0.368 e. The van der Waals surface area contributed by atoms with Gasteiger partial charge in [0, 0.05) is 48.0 Å². The number of thiazole rings is 1. The van der Waals surface area contributed by atoms with Crippen LogP contribution in [0.25, 0.3) is 0 Å². The lowest BCUT2D eigenvalue weighted by atomic mass is 10.2. The summed E-state index contributed by atoms with van der Waals surface area (Å²) in [4.78, 5) is 33.1. The number of urea groups is 1. The van der Waals surface area contributed by atoms with Crippen molar-refractivity contribution in [1.29, 1.82) is 0 Å². The van der Waals surface area contributed by atoms with Crippen LogP contribution in [0.5, 0.6) is 0 Å². The highest BCUT2D eigenvalue weighted by Gasteiger charge is 2.22. The number of carbonyl (C=O) groups is 2. The molecule has 0 bridgehead atoms. The summed E-state index contributed by atoms with van der Waals surface area (Å²) in [6, 6.07) is 12.8. The first-order chi connectivity index (χ1) is 15.5. The van der Waals surface area contributed by atoms with E-state index in [1.54, 1.807) is 46.7 Å². The Bertz CT molecular complexity index is 1100. The number of hydrogen-bond acceptors (Lipinski definition) is 5. The number of nitrogens with one attached hydrogen (secondary N) is 2. The predicted molar refractivity (Wildman–Crippen MR) is 125 cm³/mol. The molecule has 2 N–H and O–H groups in total. The number of piperazine rings is 1. The van der Waals surface area contributed by atoms with Gasteiger partial charge in [-0.2, -0.15) is 0 Å². The van der Waals surface area contributed by atoms with E-state index in [1.165, 1.54) is 23.5 Å². The van der Waals surface area contributed by atoms with Gasteiger partial charge in [0.15, 0.2) is 5.13 Å². The van der Waals surface area contributed by atoms with Crippen molar-refractivity contribution in [2.75, 3.05) is 41.7 Å². The molecule has 0 aliphatic carbocycles. The minimum atomic E-state index is -0.434. The van der Waals surface area contributed by atoms with Gasteiger partial charge in [-0.3, -0.25) is 10.1 Å². The Balaban J connectivity index is 1.25. The van der Waals surface area contributed by atoms with Crippen molar-refractivity contribution in [3.8, 4) is 0 Å². The normalized spacial score (nSPS) is 13.7. The van der Waals surface area contributed by atoms with E-state index >= 15 is 0 Å². The molecule has 0 unspecified atom stereocenters. The predicted octanol–water partition coefficient (Wildman–Crippen LogP) is 4.47. The zero-order valence-corrected chi connectivity index (χ0v) is 18.6. The standard InChI is InChI=1S/C22H21ClFN5O2S/c23-15-2-1-3-17(12-15)25-21(31)27-22-26-18(14-32-22)13-20(30)29-10-8-28(9-11-29)19-6-4-16(24)5-7-19/h1-7,12,14H,8-11,13H2,(H2,25,26,27,31). The van der Waals surface area contributed by atoms with Crippen molar-refractivity contribution in [3.63, 3.8) is 0 Å². The van der Waals surface area contributed by atoms with E-state index in [4.69, 9.17) is 11.6 Å². The highest BCUT2D eigenvalue weighted by atomic mass is 35.5. The summed E-state index contributed by atoms with van der Waals surface area (Å²) in [5, 5.41) is 8.05. The van der Waals surface area contributed by atoms with Gasteiger partial charge in [-0.15, -0.1) is 11.3 Å². The molecule has 1 fully saturated rings. The molecule has 1 saturated heterocycles. The van der Waals surface area contributed by atoms with Gasteiger partial charge in [-0.25, -0.2) is 14.2 Å². The topological polar surface area (TPSA) is 77.6 Å². The molecule has 166 valence electrons. The zero-order valence-electron chi connectivity index (χ0n) is 17.1. The maximum absolute atomic E-state index is 13.1. The van der Waals surface area contributed by atoms with Crippen LogP contribution in [0.1, 0.15) is 5.69 Å². The molecule has 0 radical (unpaired) electrons. The summed E-state index contributed by atoms with van der Waals surface area (Å²) in [5.74, 6) is -0.273. The molecule has 10 heteroatoms. The average Bonchev–Trinajstić information content (AvgIpc) is 3.21. The molecule has 3 amide bonds. The molecule has 1 aromatic heterocycles. The van der Waals surface area contributed by atoms with Crippen LogP contribution in [0.15, 0.2) is 53.9 Å². The van der Waals surface area contributed by atoms with E-state index in [0.29, 0.717) is 47.7 Å². The first-order valence-electron chi connectivity index (χ1n) is 10.0. The number of benzene rings is 2. The molecule has 7 nitrogen and oxygen atoms in total. The number of aromatic nitrogens is 1. The third kappa shape index (κ3) is 5.74. The summed E-state index contributed by atoms with van der Waals surface area (Å²) in [6.45, 7) is 2.55. The number of anilines is 3. The van der Waals surface area contributed by atoms with Gasteiger partial charge in [0.2, 0.25) is 5.91 Å². The molecule has 0 atom stereocenters. The largest absolute Gasteiger partial charge is 0.368 e. The fourth-order valence-electron chi connectivity index (χ4n) is 3.40. The van der Waals surface area contributed by atoms with Crippen LogP contribution in [-0.2, 0) is 11.2 Å². The lowest BCUT2D eigenvalue weighted by Gasteiger charge is -2.36. The number of rotatable bonds is 5. The van der Waals surface area contributed by atoms with E-state index in [0.717, 1.165) is 5.69 Å². The van der Waals surface area contributed by atoms with E-state index in [9.17, 15) is 14.0 Å². The number of hydrogen-bond donors (Lipinski definition) is 2. The summed E-state index contributed by atoms with van der Waals surface area (Å²) in [6.07, 6.45) is 0.171. The van der Waals surface area contributed by atoms with Crippen molar-refractivity contribution in [1.82, 2.24) is 9.88 Å². The van der Waals surface area contributed by atoms with Crippen LogP contribution in [0.2, 0.25) is 5.02 Å². The first-order valence-corrected chi connectivity index (χ1v) is 11.3. The van der Waals surface area contributed by atoms with Gasteiger partial charge in [0.1, 0.15) is 5.82 Å². The van der Waals surface area contributed by atoms with Gasteiger partial charge in [-0.05, 0) is 42.5 Å². The molecule has 1 aliphatic rings. The second-order valence-corrected chi connectivity index (χ2v) is 8.55. The third-order valence-electron chi connectivity index (χ3n) is 5.01. The molecule has 2 aromatic carbocycles. The Hall–Kier alpha value is -3.17. The van der Waals surface area contributed by atoms with Gasteiger partial charge >= 0.3 is 6.03 Å². The quantitative estimate of drug-likeness (QED) is 0.573. The average molecular weight is 474 g/mol. The lowest BCUT2D eigenvalue weighted by Crippen LogP contribution is -2.49. The van der Waals surface area contributed by atoms with Gasteiger partial charge in [0.05, 0.1) is 12.1 Å². The summed E-state index contributed by atoms with van der Waals surface area (Å²) in [5.41, 5.74) is 2.13. The van der Waals surface area contributed by atoms with E-state index in [2.05, 4.69) is 20.5 Å². The van der Waals surface area contributed by atoms with Crippen LogP contribution in [0, 0.1) is 5.82 Å². The Morgan fingerprint density at radius 3 is 2.53 bits per heavy atom. The molecular formula is C22H21ClFN5O2S. The number of amides is 3. The highest BCUT2D eigenvalue weighted by molar-refractivity contribution is 7.14. The summed E-state index contributed by atoms with van der Waals surface area (Å²) in [7, 11) is 0. The second kappa shape index (κ2) is 9.97. The fraction of sp³-hybridized carbons (Fsp3) is 0.227. The van der Waals surface area contributed by atoms with Crippen molar-refractivity contribution in [2.45, 2.75) is 6.42 Å². The molecule has 4 rings (SSSR count). The molecule has 0 spiro atoms. The molecule has 3 aromatic rings. The lowest BCUT2D eigenvalue weighted by molar-refractivity contribution is -0.130. The monoisotopic (exact) mass is 473 g/mol. The van der Waals surface area contributed by atoms with Crippen molar-refractivity contribution in [2.24, 2.45) is 0 Å². The molecule has 32 heavy (non-hydrogen) atoms. The molecule has 1 aliphatic heterocycles. The Morgan fingerprint density at radius 1 is 1.06 bits per heavy atom. The van der Waals surface area contributed by atoms with Crippen molar-refractivity contribution >= 4 is 51.4 Å². The third-order valence-corrected chi connectivity index (χ3v) is 6.05. The van der Waals surface area contributed by atoms with Gasteiger partial charge in [0.25, 0.3) is 0 Å². The van der Waals surface area contributed by atoms with E-state index in [-0.39, 0.29) is 18.1 Å². The Morgan fingerprint density at radius 2 is 1.81 bits per heavy atom.